The fourth-order valence-corrected chi connectivity index (χ4v) is 3.07. The van der Waals surface area contributed by atoms with Crippen LogP contribution in [-0.2, 0) is 6.61 Å². The fraction of sp³-hybridized carbons (Fsp3) is 0.368. The Bertz CT molecular complexity index is 810. The number of carbonyl (C=O) groups is 1. The summed E-state index contributed by atoms with van der Waals surface area (Å²) in [7, 11) is 0. The van der Waals surface area contributed by atoms with Gasteiger partial charge in [0, 0.05) is 29.0 Å². The van der Waals surface area contributed by atoms with Gasteiger partial charge >= 0.3 is 6.09 Å². The lowest BCUT2D eigenvalue weighted by Crippen LogP contribution is -2.39. The highest BCUT2D eigenvalue weighted by Gasteiger charge is 2.22. The summed E-state index contributed by atoms with van der Waals surface area (Å²) in [6.45, 7) is 4.49. The maximum absolute atomic E-state index is 14.1. The first-order chi connectivity index (χ1) is 12.4. The van der Waals surface area contributed by atoms with Crippen molar-refractivity contribution in [2.45, 2.75) is 32.9 Å². The van der Waals surface area contributed by atoms with Gasteiger partial charge in [0.15, 0.2) is 0 Å². The summed E-state index contributed by atoms with van der Waals surface area (Å²) >= 11 is 0. The van der Waals surface area contributed by atoms with Crippen molar-refractivity contribution in [2.24, 2.45) is 5.92 Å². The van der Waals surface area contributed by atoms with Crippen molar-refractivity contribution in [2.75, 3.05) is 6.61 Å². The molecule has 2 N–H and O–H groups in total. The van der Waals surface area contributed by atoms with Gasteiger partial charge in [-0.1, -0.05) is 13.8 Å². The Morgan fingerprint density at radius 3 is 2.96 bits per heavy atom. The van der Waals surface area contributed by atoms with Crippen molar-refractivity contribution < 1.29 is 23.8 Å². The minimum atomic E-state index is -1.08. The summed E-state index contributed by atoms with van der Waals surface area (Å²) in [5, 5.41) is 11.4. The van der Waals surface area contributed by atoms with Gasteiger partial charge in [-0.2, -0.15) is 0 Å². The normalized spacial score (nSPS) is 13.4. The van der Waals surface area contributed by atoms with Gasteiger partial charge in [0.25, 0.3) is 0 Å². The third kappa shape index (κ3) is 4.04. The number of nitrogens with zero attached hydrogens (tertiary/aromatic N) is 1. The van der Waals surface area contributed by atoms with E-state index in [1.165, 1.54) is 6.20 Å². The molecule has 0 saturated heterocycles. The molecule has 6 nitrogen and oxygen atoms in total. The largest absolute Gasteiger partial charge is 0.491 e. The maximum atomic E-state index is 14.1. The first kappa shape index (κ1) is 18.0. The van der Waals surface area contributed by atoms with E-state index in [0.29, 0.717) is 40.5 Å². The van der Waals surface area contributed by atoms with Gasteiger partial charge in [-0.3, -0.25) is 4.98 Å². The summed E-state index contributed by atoms with van der Waals surface area (Å²) in [6, 6.07) is 4.86. The van der Waals surface area contributed by atoms with Crippen molar-refractivity contribution in [3.8, 4) is 22.6 Å². The zero-order valence-electron chi connectivity index (χ0n) is 14.7. The lowest BCUT2D eigenvalue weighted by molar-refractivity contribution is 0.176. The number of carboxylic acid groups (broad SMARTS) is 1. The van der Waals surface area contributed by atoms with E-state index in [4.69, 9.17) is 14.6 Å². The lowest BCUT2D eigenvalue weighted by Gasteiger charge is -2.23. The molecule has 2 aromatic rings. The Hall–Kier alpha value is -2.83. The van der Waals surface area contributed by atoms with Crippen LogP contribution < -0.4 is 14.8 Å². The van der Waals surface area contributed by atoms with Crippen molar-refractivity contribution >= 4 is 6.09 Å². The summed E-state index contributed by atoms with van der Waals surface area (Å²) in [5.41, 5.74) is 1.85. The van der Waals surface area contributed by atoms with E-state index in [1.807, 2.05) is 13.8 Å². The highest BCUT2D eigenvalue weighted by atomic mass is 19.1. The third-order valence-electron chi connectivity index (χ3n) is 4.12. The molecule has 0 spiro atoms. The topological polar surface area (TPSA) is 80.7 Å². The second-order valence-corrected chi connectivity index (χ2v) is 6.69. The molecule has 1 aromatic heterocycles. The Morgan fingerprint density at radius 2 is 2.23 bits per heavy atom. The number of halogens is 1. The van der Waals surface area contributed by atoms with Crippen LogP contribution in [0.5, 0.6) is 11.5 Å². The zero-order valence-corrected chi connectivity index (χ0v) is 14.7. The van der Waals surface area contributed by atoms with E-state index >= 15 is 0 Å². The smallest absolute Gasteiger partial charge is 0.404 e. The van der Waals surface area contributed by atoms with E-state index in [2.05, 4.69) is 10.3 Å². The molecule has 138 valence electrons. The monoisotopic (exact) mass is 360 g/mol. The summed E-state index contributed by atoms with van der Waals surface area (Å²) in [4.78, 5) is 14.8. The van der Waals surface area contributed by atoms with Crippen LogP contribution in [0, 0.1) is 11.7 Å². The van der Waals surface area contributed by atoms with E-state index in [1.54, 1.807) is 24.4 Å². The molecular formula is C19H21FN2O4. The number of fused-ring (bicyclic) bond motifs is 3. The highest BCUT2D eigenvalue weighted by Crippen LogP contribution is 2.40. The summed E-state index contributed by atoms with van der Waals surface area (Å²) < 4.78 is 25.6. The predicted molar refractivity (Wildman–Crippen MR) is 93.9 cm³/mol. The number of pyridine rings is 1. The Morgan fingerprint density at radius 1 is 1.42 bits per heavy atom. The number of rotatable bonds is 6. The number of nitrogens with one attached hydrogen (secondary N) is 1. The highest BCUT2D eigenvalue weighted by molar-refractivity contribution is 5.76. The molecule has 1 aromatic carbocycles. The number of benzene rings is 1. The van der Waals surface area contributed by atoms with Crippen LogP contribution in [0.3, 0.4) is 0 Å². The average molecular weight is 360 g/mol. The number of ether oxygens (including phenoxy) is 2. The van der Waals surface area contributed by atoms with Gasteiger partial charge < -0.3 is 19.9 Å². The Balaban J connectivity index is 1.75. The van der Waals surface area contributed by atoms with Gasteiger partial charge in [0.1, 0.15) is 30.5 Å². The standard InChI is InChI=1S/C19H21FN2O4/c1-11(2)5-13(22-19(23)24)10-25-14-3-4-15-17(6-14)26-9-12-7-21-8-16(20)18(12)15/h3-4,6-8,11,13,22H,5,9-10H2,1-2H3,(H,23,24)/t13-/m0/s1. The van der Waals surface area contributed by atoms with Crippen LogP contribution in [-0.4, -0.2) is 28.8 Å². The van der Waals surface area contributed by atoms with Crippen molar-refractivity contribution in [1.29, 1.82) is 0 Å². The Kier molecular flexibility index (Phi) is 5.25. The molecule has 1 aliphatic heterocycles. The van der Waals surface area contributed by atoms with Gasteiger partial charge in [-0.15, -0.1) is 0 Å². The second kappa shape index (κ2) is 7.59. The third-order valence-corrected chi connectivity index (χ3v) is 4.12. The molecule has 1 atom stereocenters. The van der Waals surface area contributed by atoms with Gasteiger partial charge in [-0.25, -0.2) is 9.18 Å². The van der Waals surface area contributed by atoms with E-state index in [9.17, 15) is 9.18 Å². The van der Waals surface area contributed by atoms with Crippen molar-refractivity contribution in [3.63, 3.8) is 0 Å². The molecule has 0 radical (unpaired) electrons. The quantitative estimate of drug-likeness (QED) is 0.818. The predicted octanol–water partition coefficient (Wildman–Crippen LogP) is 3.84. The molecule has 0 fully saturated rings. The van der Waals surface area contributed by atoms with E-state index in [-0.39, 0.29) is 25.1 Å². The SMILES string of the molecule is CC(C)C[C@@H](COc1ccc2c(c1)OCc1cncc(F)c1-2)NC(=O)O. The van der Waals surface area contributed by atoms with Crippen molar-refractivity contribution in [1.82, 2.24) is 10.3 Å². The minimum Gasteiger partial charge on any atom is -0.491 e. The number of amides is 1. The first-order valence-corrected chi connectivity index (χ1v) is 8.46. The van der Waals surface area contributed by atoms with Crippen LogP contribution in [0.4, 0.5) is 9.18 Å². The number of hydrogen-bond acceptors (Lipinski definition) is 4. The van der Waals surface area contributed by atoms with Gasteiger partial charge in [0.2, 0.25) is 0 Å². The van der Waals surface area contributed by atoms with Gasteiger partial charge in [0.05, 0.1) is 12.2 Å². The van der Waals surface area contributed by atoms with Crippen LogP contribution in [0.1, 0.15) is 25.8 Å². The fourth-order valence-electron chi connectivity index (χ4n) is 3.07. The lowest BCUT2D eigenvalue weighted by atomic mass is 9.98. The molecule has 1 amide bonds. The maximum Gasteiger partial charge on any atom is 0.404 e. The first-order valence-electron chi connectivity index (χ1n) is 8.46. The Labute approximate surface area is 151 Å². The molecule has 1 aliphatic rings. The zero-order chi connectivity index (χ0) is 18.7. The summed E-state index contributed by atoms with van der Waals surface area (Å²) in [6.07, 6.45) is 2.37. The van der Waals surface area contributed by atoms with Crippen LogP contribution in [0.15, 0.2) is 30.6 Å². The molecule has 7 heteroatoms. The molecule has 0 bridgehead atoms. The van der Waals surface area contributed by atoms with Crippen molar-refractivity contribution in [3.05, 3.63) is 42.0 Å². The van der Waals surface area contributed by atoms with Crippen LogP contribution >= 0.6 is 0 Å². The summed E-state index contributed by atoms with van der Waals surface area (Å²) in [5.74, 6) is 1.02. The van der Waals surface area contributed by atoms with E-state index < -0.39 is 6.09 Å². The molecular weight excluding hydrogens is 339 g/mol. The number of aromatic nitrogens is 1. The molecule has 26 heavy (non-hydrogen) atoms. The average Bonchev–Trinajstić information content (AvgIpc) is 2.58. The number of hydrogen-bond donors (Lipinski definition) is 2. The molecule has 0 unspecified atom stereocenters. The minimum absolute atomic E-state index is 0.206. The van der Waals surface area contributed by atoms with E-state index in [0.717, 1.165) is 0 Å². The molecule has 0 aliphatic carbocycles. The molecule has 2 heterocycles. The van der Waals surface area contributed by atoms with Crippen LogP contribution in [0.25, 0.3) is 11.1 Å². The van der Waals surface area contributed by atoms with Gasteiger partial charge in [-0.05, 0) is 24.5 Å². The second-order valence-electron chi connectivity index (χ2n) is 6.69. The van der Waals surface area contributed by atoms with Crippen LogP contribution in [0.2, 0.25) is 0 Å². The molecule has 3 rings (SSSR count). The molecule has 0 saturated carbocycles.